The zero-order valence-corrected chi connectivity index (χ0v) is 9.49. The number of ether oxygens (including phenoxy) is 1. The van der Waals surface area contributed by atoms with Crippen molar-refractivity contribution in [3.05, 3.63) is 24.3 Å². The van der Waals surface area contributed by atoms with Crippen LogP contribution >= 0.6 is 22.2 Å². The number of para-hydroxylation sites is 1. The fourth-order valence-electron chi connectivity index (χ4n) is 1.01. The van der Waals surface area contributed by atoms with Crippen molar-refractivity contribution in [2.75, 3.05) is 7.11 Å². The van der Waals surface area contributed by atoms with Crippen LogP contribution in [-0.2, 0) is 0 Å². The molecule has 1 aromatic carbocycles. The van der Waals surface area contributed by atoms with Gasteiger partial charge in [0.15, 0.2) is 0 Å². The van der Waals surface area contributed by atoms with Crippen molar-refractivity contribution in [1.29, 1.82) is 0 Å². The van der Waals surface area contributed by atoms with Crippen molar-refractivity contribution in [2.45, 2.75) is 6.55 Å². The fraction of sp³-hybridized carbons (Fsp3) is 0.250. The first kappa shape index (κ1) is 9.90. The van der Waals surface area contributed by atoms with Gasteiger partial charge in [0.1, 0.15) is 5.75 Å². The Morgan fingerprint density at radius 3 is 2.25 bits per heavy atom. The SMILES string of the molecule is COc1ccccc1[Si](C)(Cl)Cl. The number of rotatable bonds is 2. The van der Waals surface area contributed by atoms with Crippen molar-refractivity contribution in [2.24, 2.45) is 0 Å². The number of hydrogen-bond donors (Lipinski definition) is 0. The molecule has 0 aliphatic rings. The van der Waals surface area contributed by atoms with Gasteiger partial charge in [0.25, 0.3) is 6.69 Å². The van der Waals surface area contributed by atoms with Crippen LogP contribution in [0.1, 0.15) is 0 Å². The Morgan fingerprint density at radius 2 is 1.83 bits per heavy atom. The third kappa shape index (κ3) is 2.16. The molecule has 12 heavy (non-hydrogen) atoms. The summed E-state index contributed by atoms with van der Waals surface area (Å²) in [5, 5.41) is 0.927. The molecule has 0 fully saturated rings. The standard InChI is InChI=1S/C8H10Cl2OSi/c1-11-7-5-3-4-6-8(7)12(2,9)10/h3-6H,1-2H3. The van der Waals surface area contributed by atoms with Crippen LogP contribution in [0.4, 0.5) is 0 Å². The van der Waals surface area contributed by atoms with Crippen molar-refractivity contribution in [3.63, 3.8) is 0 Å². The van der Waals surface area contributed by atoms with Gasteiger partial charge in [-0.25, -0.2) is 0 Å². The maximum absolute atomic E-state index is 6.07. The van der Waals surface area contributed by atoms with Gasteiger partial charge in [-0.15, -0.1) is 22.2 Å². The molecule has 66 valence electrons. The van der Waals surface area contributed by atoms with E-state index >= 15 is 0 Å². The van der Waals surface area contributed by atoms with Gasteiger partial charge >= 0.3 is 0 Å². The molecule has 0 spiro atoms. The summed E-state index contributed by atoms with van der Waals surface area (Å²) >= 11 is 12.1. The highest BCUT2D eigenvalue weighted by Gasteiger charge is 2.27. The van der Waals surface area contributed by atoms with Crippen LogP contribution in [0.15, 0.2) is 24.3 Å². The van der Waals surface area contributed by atoms with Gasteiger partial charge in [-0.3, -0.25) is 0 Å². The second-order valence-corrected chi connectivity index (χ2v) is 10.0. The number of benzene rings is 1. The molecule has 0 aromatic heterocycles. The van der Waals surface area contributed by atoms with E-state index in [0.29, 0.717) is 0 Å². The van der Waals surface area contributed by atoms with Crippen LogP contribution in [0.25, 0.3) is 0 Å². The third-order valence-electron chi connectivity index (χ3n) is 1.58. The Bertz CT molecular complexity index is 270. The van der Waals surface area contributed by atoms with Crippen molar-refractivity contribution >= 4 is 34.0 Å². The van der Waals surface area contributed by atoms with Crippen LogP contribution in [0.2, 0.25) is 6.55 Å². The van der Waals surface area contributed by atoms with Crippen molar-refractivity contribution in [3.8, 4) is 5.75 Å². The summed E-state index contributed by atoms with van der Waals surface area (Å²) in [6.45, 7) is -0.424. The second-order valence-electron chi connectivity index (χ2n) is 2.59. The van der Waals surface area contributed by atoms with Gasteiger partial charge in [0.2, 0.25) is 0 Å². The minimum atomic E-state index is -2.28. The van der Waals surface area contributed by atoms with E-state index < -0.39 is 6.69 Å². The largest absolute Gasteiger partial charge is 0.497 e. The van der Waals surface area contributed by atoms with E-state index in [1.807, 2.05) is 30.8 Å². The highest BCUT2D eigenvalue weighted by Crippen LogP contribution is 2.19. The second kappa shape index (κ2) is 3.69. The molecule has 0 amide bonds. The van der Waals surface area contributed by atoms with E-state index in [-0.39, 0.29) is 0 Å². The Kier molecular flexibility index (Phi) is 3.04. The zero-order chi connectivity index (χ0) is 9.19. The van der Waals surface area contributed by atoms with Gasteiger partial charge in [0, 0.05) is 5.19 Å². The van der Waals surface area contributed by atoms with E-state index in [1.54, 1.807) is 7.11 Å². The van der Waals surface area contributed by atoms with E-state index in [1.165, 1.54) is 0 Å². The summed E-state index contributed by atoms with van der Waals surface area (Å²) in [5.74, 6) is 0.775. The smallest absolute Gasteiger partial charge is 0.281 e. The van der Waals surface area contributed by atoms with E-state index in [0.717, 1.165) is 10.9 Å². The summed E-state index contributed by atoms with van der Waals surface area (Å²) in [6, 6.07) is 7.58. The molecule has 0 aliphatic heterocycles. The summed E-state index contributed by atoms with van der Waals surface area (Å²) in [4.78, 5) is 0. The van der Waals surface area contributed by atoms with Gasteiger partial charge in [-0.1, -0.05) is 18.2 Å². The monoisotopic (exact) mass is 220 g/mol. The third-order valence-corrected chi connectivity index (χ3v) is 4.16. The quantitative estimate of drug-likeness (QED) is 0.550. The summed E-state index contributed by atoms with van der Waals surface area (Å²) in [6.07, 6.45) is 0. The van der Waals surface area contributed by atoms with Gasteiger partial charge < -0.3 is 4.74 Å². The maximum atomic E-state index is 6.07. The first-order valence-electron chi connectivity index (χ1n) is 3.57. The van der Waals surface area contributed by atoms with Crippen LogP contribution in [-0.4, -0.2) is 13.8 Å². The fourth-order valence-corrected chi connectivity index (χ4v) is 2.95. The van der Waals surface area contributed by atoms with E-state index in [9.17, 15) is 0 Å². The number of hydrogen-bond acceptors (Lipinski definition) is 1. The Balaban J connectivity index is 3.14. The lowest BCUT2D eigenvalue weighted by atomic mass is 10.3. The summed E-state index contributed by atoms with van der Waals surface area (Å²) in [7, 11) is 1.62. The molecule has 0 radical (unpaired) electrons. The number of halogens is 2. The minimum Gasteiger partial charge on any atom is -0.497 e. The van der Waals surface area contributed by atoms with Crippen LogP contribution in [0.3, 0.4) is 0 Å². The van der Waals surface area contributed by atoms with Crippen LogP contribution < -0.4 is 9.92 Å². The molecule has 1 rings (SSSR count). The maximum Gasteiger partial charge on any atom is 0.281 e. The Labute approximate surface area is 82.7 Å². The molecule has 0 heterocycles. The van der Waals surface area contributed by atoms with Crippen LogP contribution in [0.5, 0.6) is 5.75 Å². The topological polar surface area (TPSA) is 9.23 Å². The van der Waals surface area contributed by atoms with Crippen molar-refractivity contribution < 1.29 is 4.74 Å². The minimum absolute atomic E-state index is 0.775. The molecule has 0 saturated heterocycles. The van der Waals surface area contributed by atoms with E-state index in [4.69, 9.17) is 26.9 Å². The lowest BCUT2D eigenvalue weighted by molar-refractivity contribution is 0.418. The van der Waals surface area contributed by atoms with Gasteiger partial charge in [-0.05, 0) is 12.6 Å². The van der Waals surface area contributed by atoms with Crippen molar-refractivity contribution in [1.82, 2.24) is 0 Å². The average molecular weight is 221 g/mol. The molecule has 0 bridgehead atoms. The zero-order valence-electron chi connectivity index (χ0n) is 6.97. The molecule has 1 aromatic rings. The molecule has 0 atom stereocenters. The molecule has 4 heteroatoms. The lowest BCUT2D eigenvalue weighted by Crippen LogP contribution is -2.33. The van der Waals surface area contributed by atoms with Crippen LogP contribution in [0, 0.1) is 0 Å². The molecule has 0 aliphatic carbocycles. The highest BCUT2D eigenvalue weighted by molar-refractivity contribution is 7.50. The molecule has 0 N–H and O–H groups in total. The predicted octanol–water partition coefficient (Wildman–Crippen LogP) is 2.45. The Hall–Kier alpha value is -0.183. The molecular formula is C8H10Cl2OSi. The first-order valence-corrected chi connectivity index (χ1v) is 8.09. The first-order chi connectivity index (χ1) is 5.55. The Morgan fingerprint density at radius 1 is 1.25 bits per heavy atom. The van der Waals surface area contributed by atoms with E-state index in [2.05, 4.69) is 0 Å². The number of methoxy groups -OCH3 is 1. The normalized spacial score (nSPS) is 11.3. The lowest BCUT2D eigenvalue weighted by Gasteiger charge is -2.14. The molecule has 1 nitrogen and oxygen atoms in total. The summed E-state index contributed by atoms with van der Waals surface area (Å²) in [5.41, 5.74) is 0. The predicted molar refractivity (Wildman–Crippen MR) is 56.0 cm³/mol. The average Bonchev–Trinajstić information content (AvgIpc) is 2.03. The molecule has 0 saturated carbocycles. The van der Waals surface area contributed by atoms with Gasteiger partial charge in [0.05, 0.1) is 7.11 Å². The van der Waals surface area contributed by atoms with Gasteiger partial charge in [-0.2, -0.15) is 0 Å². The molecule has 0 unspecified atom stereocenters. The summed E-state index contributed by atoms with van der Waals surface area (Å²) < 4.78 is 5.14. The molecular weight excluding hydrogens is 211 g/mol. The highest BCUT2D eigenvalue weighted by atomic mass is 35.7.